The molecule has 0 heterocycles. The van der Waals surface area contributed by atoms with Crippen molar-refractivity contribution in [3.8, 4) is 0 Å². The SMILES string of the molecule is C=Cc1ccc(CN(CCN)CCC[Si](OC)(OC)OC)cc1. The van der Waals surface area contributed by atoms with Gasteiger partial charge in [0, 0.05) is 47.0 Å². The van der Waals surface area contributed by atoms with Gasteiger partial charge >= 0.3 is 8.80 Å². The van der Waals surface area contributed by atoms with Crippen molar-refractivity contribution in [3.05, 3.63) is 42.0 Å². The summed E-state index contributed by atoms with van der Waals surface area (Å²) in [4.78, 5) is 2.35. The lowest BCUT2D eigenvalue weighted by Gasteiger charge is -2.26. The third-order valence-corrected chi connectivity index (χ3v) is 6.79. The molecule has 0 saturated carbocycles. The zero-order valence-corrected chi connectivity index (χ0v) is 15.6. The first-order chi connectivity index (χ1) is 11.1. The van der Waals surface area contributed by atoms with Crippen LogP contribution in [-0.4, -0.2) is 54.7 Å². The molecule has 0 aliphatic heterocycles. The summed E-state index contributed by atoms with van der Waals surface area (Å²) in [6.07, 6.45) is 2.80. The van der Waals surface area contributed by atoms with Crippen LogP contribution in [0.15, 0.2) is 30.8 Å². The van der Waals surface area contributed by atoms with Gasteiger partial charge in [-0.05, 0) is 24.1 Å². The summed E-state index contributed by atoms with van der Waals surface area (Å²) < 4.78 is 16.4. The largest absolute Gasteiger partial charge is 0.500 e. The highest BCUT2D eigenvalue weighted by Crippen LogP contribution is 2.16. The zero-order valence-electron chi connectivity index (χ0n) is 14.6. The molecule has 5 nitrogen and oxygen atoms in total. The number of hydrogen-bond donors (Lipinski definition) is 1. The highest BCUT2D eigenvalue weighted by molar-refractivity contribution is 6.60. The normalized spacial score (nSPS) is 11.9. The first kappa shape index (κ1) is 20.0. The number of nitrogens with zero attached hydrogens (tertiary/aromatic N) is 1. The van der Waals surface area contributed by atoms with Crippen molar-refractivity contribution in [3.63, 3.8) is 0 Å². The lowest BCUT2D eigenvalue weighted by atomic mass is 10.1. The van der Waals surface area contributed by atoms with E-state index in [-0.39, 0.29) is 0 Å². The van der Waals surface area contributed by atoms with Crippen LogP contribution in [0.2, 0.25) is 6.04 Å². The van der Waals surface area contributed by atoms with Gasteiger partial charge in [-0.3, -0.25) is 4.90 Å². The highest BCUT2D eigenvalue weighted by Gasteiger charge is 2.36. The zero-order chi connectivity index (χ0) is 17.1. The smallest absolute Gasteiger partial charge is 0.377 e. The Bertz CT molecular complexity index is 441. The molecule has 2 N–H and O–H groups in total. The summed E-state index contributed by atoms with van der Waals surface area (Å²) >= 11 is 0. The summed E-state index contributed by atoms with van der Waals surface area (Å²) in [6.45, 7) is 7.11. The standard InChI is InChI=1S/C17H30N2O3Si/c1-5-16-7-9-17(10-8-16)15-19(13-11-18)12-6-14-23(20-2,21-3)22-4/h5,7-10H,1,6,11-15,18H2,2-4H3. The van der Waals surface area contributed by atoms with E-state index < -0.39 is 8.80 Å². The van der Waals surface area contributed by atoms with Gasteiger partial charge in [-0.1, -0.05) is 36.9 Å². The van der Waals surface area contributed by atoms with Crippen LogP contribution in [0.4, 0.5) is 0 Å². The molecule has 0 radical (unpaired) electrons. The second-order valence-electron chi connectivity index (χ2n) is 5.41. The summed E-state index contributed by atoms with van der Waals surface area (Å²) in [7, 11) is 2.47. The van der Waals surface area contributed by atoms with E-state index in [4.69, 9.17) is 19.0 Å². The first-order valence-corrected chi connectivity index (χ1v) is 9.85. The van der Waals surface area contributed by atoms with Gasteiger partial charge in [0.1, 0.15) is 0 Å². The Morgan fingerprint density at radius 1 is 1.09 bits per heavy atom. The molecule has 0 aliphatic rings. The molecule has 0 fully saturated rings. The summed E-state index contributed by atoms with van der Waals surface area (Å²) in [6, 6.07) is 9.24. The molecule has 0 amide bonds. The van der Waals surface area contributed by atoms with Gasteiger partial charge < -0.3 is 19.0 Å². The van der Waals surface area contributed by atoms with E-state index in [9.17, 15) is 0 Å². The third kappa shape index (κ3) is 6.54. The third-order valence-electron chi connectivity index (χ3n) is 3.96. The lowest BCUT2D eigenvalue weighted by molar-refractivity contribution is 0.121. The average molecular weight is 339 g/mol. The maximum Gasteiger partial charge on any atom is 0.500 e. The van der Waals surface area contributed by atoms with Gasteiger partial charge in [-0.25, -0.2) is 0 Å². The average Bonchev–Trinajstić information content (AvgIpc) is 2.60. The fraction of sp³-hybridized carbons (Fsp3) is 0.529. The Morgan fingerprint density at radius 3 is 2.17 bits per heavy atom. The van der Waals surface area contributed by atoms with Gasteiger partial charge in [-0.15, -0.1) is 0 Å². The van der Waals surface area contributed by atoms with Crippen molar-refractivity contribution >= 4 is 14.9 Å². The molecule has 130 valence electrons. The number of nitrogens with two attached hydrogens (primary N) is 1. The first-order valence-electron chi connectivity index (χ1n) is 7.92. The predicted molar refractivity (Wildman–Crippen MR) is 97.1 cm³/mol. The molecule has 0 unspecified atom stereocenters. The van der Waals surface area contributed by atoms with Crippen LogP contribution in [0, 0.1) is 0 Å². The van der Waals surface area contributed by atoms with E-state index in [0.29, 0.717) is 6.54 Å². The Hall–Kier alpha value is -1.02. The van der Waals surface area contributed by atoms with E-state index in [1.54, 1.807) is 21.3 Å². The molecule has 0 bridgehead atoms. The molecule has 0 atom stereocenters. The quantitative estimate of drug-likeness (QED) is 0.593. The monoisotopic (exact) mass is 338 g/mol. The molecule has 0 aliphatic carbocycles. The van der Waals surface area contributed by atoms with E-state index in [0.717, 1.165) is 37.7 Å². The molecule has 1 rings (SSSR count). The van der Waals surface area contributed by atoms with E-state index in [2.05, 4.69) is 35.7 Å². The fourth-order valence-corrected chi connectivity index (χ4v) is 4.25. The minimum Gasteiger partial charge on any atom is -0.377 e. The number of rotatable bonds is 12. The van der Waals surface area contributed by atoms with Crippen molar-refractivity contribution in [1.82, 2.24) is 4.90 Å². The molecule has 0 aromatic heterocycles. The Kier molecular flexibility index (Phi) is 9.31. The van der Waals surface area contributed by atoms with E-state index >= 15 is 0 Å². The molecule has 1 aromatic carbocycles. The van der Waals surface area contributed by atoms with E-state index in [1.807, 2.05) is 6.08 Å². The Morgan fingerprint density at radius 2 is 1.70 bits per heavy atom. The highest BCUT2D eigenvalue weighted by atomic mass is 28.4. The van der Waals surface area contributed by atoms with Crippen LogP contribution >= 0.6 is 0 Å². The molecule has 23 heavy (non-hydrogen) atoms. The number of hydrogen-bond acceptors (Lipinski definition) is 5. The van der Waals surface area contributed by atoms with Gasteiger partial charge in [-0.2, -0.15) is 0 Å². The van der Waals surface area contributed by atoms with Crippen molar-refractivity contribution in [2.75, 3.05) is 41.0 Å². The maximum absolute atomic E-state index is 5.74. The summed E-state index contributed by atoms with van der Waals surface area (Å²) in [5, 5.41) is 0. The summed E-state index contributed by atoms with van der Waals surface area (Å²) in [5.41, 5.74) is 8.15. The van der Waals surface area contributed by atoms with Gasteiger partial charge in [0.25, 0.3) is 0 Å². The van der Waals surface area contributed by atoms with Crippen molar-refractivity contribution in [2.45, 2.75) is 19.0 Å². The molecule has 1 aromatic rings. The topological polar surface area (TPSA) is 57.0 Å². The van der Waals surface area contributed by atoms with Crippen LogP contribution in [0.1, 0.15) is 17.5 Å². The predicted octanol–water partition coefficient (Wildman–Crippen LogP) is 2.36. The minimum atomic E-state index is -2.48. The Labute approximate surface area is 141 Å². The Balaban J connectivity index is 2.55. The van der Waals surface area contributed by atoms with Crippen LogP contribution < -0.4 is 5.73 Å². The minimum absolute atomic E-state index is 0.645. The molecule has 0 spiro atoms. The van der Waals surface area contributed by atoms with Crippen LogP contribution in [-0.2, 0) is 19.8 Å². The number of benzene rings is 1. The van der Waals surface area contributed by atoms with Crippen molar-refractivity contribution in [2.24, 2.45) is 5.73 Å². The van der Waals surface area contributed by atoms with Crippen LogP contribution in [0.3, 0.4) is 0 Å². The molecular weight excluding hydrogens is 308 g/mol. The second kappa shape index (κ2) is 10.7. The van der Waals surface area contributed by atoms with E-state index in [1.165, 1.54) is 5.56 Å². The molecule has 6 heteroatoms. The second-order valence-corrected chi connectivity index (χ2v) is 8.50. The lowest BCUT2D eigenvalue weighted by Crippen LogP contribution is -2.43. The summed E-state index contributed by atoms with van der Waals surface area (Å²) in [5.74, 6) is 0. The molecular formula is C17H30N2O3Si. The fourth-order valence-electron chi connectivity index (χ4n) is 2.55. The van der Waals surface area contributed by atoms with Gasteiger partial charge in [0.15, 0.2) is 0 Å². The van der Waals surface area contributed by atoms with Crippen LogP contribution in [0.25, 0.3) is 6.08 Å². The van der Waals surface area contributed by atoms with Crippen molar-refractivity contribution < 1.29 is 13.3 Å². The maximum atomic E-state index is 5.74. The molecule has 0 saturated heterocycles. The van der Waals surface area contributed by atoms with Crippen molar-refractivity contribution in [1.29, 1.82) is 0 Å². The van der Waals surface area contributed by atoms with Gasteiger partial charge in [0.05, 0.1) is 0 Å². The van der Waals surface area contributed by atoms with Crippen LogP contribution in [0.5, 0.6) is 0 Å². The van der Waals surface area contributed by atoms with Gasteiger partial charge in [0.2, 0.25) is 0 Å².